The zero-order valence-electron chi connectivity index (χ0n) is 11.9. The fourth-order valence-electron chi connectivity index (χ4n) is 2.13. The average molecular weight is 294 g/mol. The van der Waals surface area contributed by atoms with Gasteiger partial charge in [0.05, 0.1) is 19.1 Å². The van der Waals surface area contributed by atoms with E-state index in [1.807, 2.05) is 0 Å². The van der Waals surface area contributed by atoms with E-state index in [9.17, 15) is 14.4 Å². The predicted octanol–water partition coefficient (Wildman–Crippen LogP) is 0.404. The molecule has 7 nitrogen and oxygen atoms in total. The Labute approximate surface area is 122 Å². The van der Waals surface area contributed by atoms with Gasteiger partial charge in [-0.15, -0.1) is 0 Å². The van der Waals surface area contributed by atoms with Crippen molar-refractivity contribution in [3.8, 4) is 0 Å². The van der Waals surface area contributed by atoms with E-state index in [0.717, 1.165) is 10.5 Å². The Morgan fingerprint density at radius 1 is 1.38 bits per heavy atom. The lowest BCUT2D eigenvalue weighted by atomic mass is 10.3. The van der Waals surface area contributed by atoms with E-state index in [2.05, 4.69) is 0 Å². The van der Waals surface area contributed by atoms with Crippen molar-refractivity contribution in [1.82, 2.24) is 9.80 Å². The standard InChI is InChI=1S/C14H18N2O5/c1-20-7-5-15(8-11-4-6-21-10-11)14(19)9-16-12(17)2-3-13(16)18/h4,6,10H,2-3,5,7-9H2,1H3. The minimum atomic E-state index is -0.289. The number of methoxy groups -OCH3 is 1. The molecule has 0 atom stereocenters. The number of rotatable bonds is 7. The summed E-state index contributed by atoms with van der Waals surface area (Å²) in [5.41, 5.74) is 0.846. The van der Waals surface area contributed by atoms with Crippen LogP contribution in [0.4, 0.5) is 0 Å². The minimum Gasteiger partial charge on any atom is -0.472 e. The smallest absolute Gasteiger partial charge is 0.243 e. The molecule has 1 aliphatic heterocycles. The summed E-state index contributed by atoms with van der Waals surface area (Å²) in [6.45, 7) is 0.913. The van der Waals surface area contributed by atoms with Gasteiger partial charge < -0.3 is 14.1 Å². The van der Waals surface area contributed by atoms with E-state index in [1.165, 1.54) is 6.26 Å². The Balaban J connectivity index is 1.99. The first-order chi connectivity index (χ1) is 10.1. The normalized spacial score (nSPS) is 14.8. The highest BCUT2D eigenvalue weighted by atomic mass is 16.5. The van der Waals surface area contributed by atoms with Crippen molar-refractivity contribution in [3.05, 3.63) is 24.2 Å². The summed E-state index contributed by atoms with van der Waals surface area (Å²) in [6.07, 6.45) is 3.46. The third-order valence-corrected chi connectivity index (χ3v) is 3.32. The van der Waals surface area contributed by atoms with Gasteiger partial charge in [0.2, 0.25) is 17.7 Å². The number of carbonyl (C=O) groups excluding carboxylic acids is 3. The van der Waals surface area contributed by atoms with Crippen molar-refractivity contribution >= 4 is 17.7 Å². The average Bonchev–Trinajstić information content (AvgIpc) is 3.08. The van der Waals surface area contributed by atoms with Gasteiger partial charge in [-0.3, -0.25) is 19.3 Å². The van der Waals surface area contributed by atoms with Gasteiger partial charge in [0.15, 0.2) is 0 Å². The van der Waals surface area contributed by atoms with Gasteiger partial charge in [0, 0.05) is 38.6 Å². The molecule has 0 saturated carbocycles. The number of hydrogen-bond donors (Lipinski definition) is 0. The number of ether oxygens (including phenoxy) is 1. The van der Waals surface area contributed by atoms with Crippen LogP contribution in [0, 0.1) is 0 Å². The predicted molar refractivity (Wildman–Crippen MR) is 72.0 cm³/mol. The van der Waals surface area contributed by atoms with E-state index >= 15 is 0 Å². The molecule has 1 aliphatic rings. The van der Waals surface area contributed by atoms with Gasteiger partial charge in [0.1, 0.15) is 6.54 Å². The van der Waals surface area contributed by atoms with E-state index in [-0.39, 0.29) is 37.1 Å². The monoisotopic (exact) mass is 294 g/mol. The number of hydrogen-bond acceptors (Lipinski definition) is 5. The zero-order chi connectivity index (χ0) is 15.2. The Morgan fingerprint density at radius 3 is 2.67 bits per heavy atom. The highest BCUT2D eigenvalue weighted by molar-refractivity contribution is 6.04. The highest BCUT2D eigenvalue weighted by Gasteiger charge is 2.31. The third kappa shape index (κ3) is 3.91. The molecule has 0 spiro atoms. The topological polar surface area (TPSA) is 80.1 Å². The van der Waals surface area contributed by atoms with Gasteiger partial charge in [-0.05, 0) is 6.07 Å². The lowest BCUT2D eigenvalue weighted by Crippen LogP contribution is -2.43. The summed E-state index contributed by atoms with van der Waals surface area (Å²) in [7, 11) is 1.55. The molecule has 2 heterocycles. The van der Waals surface area contributed by atoms with Gasteiger partial charge in [-0.2, -0.15) is 0 Å². The highest BCUT2D eigenvalue weighted by Crippen LogP contribution is 2.13. The maximum Gasteiger partial charge on any atom is 0.243 e. The van der Waals surface area contributed by atoms with E-state index in [4.69, 9.17) is 9.15 Å². The quantitative estimate of drug-likeness (QED) is 0.680. The first-order valence-electron chi connectivity index (χ1n) is 6.73. The summed E-state index contributed by atoms with van der Waals surface area (Å²) >= 11 is 0. The Hall–Kier alpha value is -2.15. The molecule has 1 aromatic heterocycles. The second-order valence-electron chi connectivity index (χ2n) is 4.81. The summed E-state index contributed by atoms with van der Waals surface area (Å²) < 4.78 is 9.97. The molecule has 0 N–H and O–H groups in total. The van der Waals surface area contributed by atoms with Crippen molar-refractivity contribution < 1.29 is 23.5 Å². The molecule has 7 heteroatoms. The van der Waals surface area contributed by atoms with Crippen molar-refractivity contribution in [2.75, 3.05) is 26.8 Å². The molecule has 0 aromatic carbocycles. The summed E-state index contributed by atoms with van der Waals surface area (Å²) in [5.74, 6) is -0.858. The van der Waals surface area contributed by atoms with Gasteiger partial charge in [-0.1, -0.05) is 0 Å². The first-order valence-corrected chi connectivity index (χ1v) is 6.73. The minimum absolute atomic E-state index is 0.186. The second-order valence-corrected chi connectivity index (χ2v) is 4.81. The molecule has 1 fully saturated rings. The fraction of sp³-hybridized carbons (Fsp3) is 0.500. The largest absolute Gasteiger partial charge is 0.472 e. The van der Waals surface area contributed by atoms with Crippen LogP contribution in [0.5, 0.6) is 0 Å². The van der Waals surface area contributed by atoms with E-state index in [0.29, 0.717) is 19.7 Å². The molecule has 0 radical (unpaired) electrons. The number of imide groups is 1. The number of carbonyl (C=O) groups is 3. The van der Waals surface area contributed by atoms with Crippen LogP contribution >= 0.6 is 0 Å². The summed E-state index contributed by atoms with van der Waals surface area (Å²) in [4.78, 5) is 38.0. The van der Waals surface area contributed by atoms with Crippen molar-refractivity contribution in [2.45, 2.75) is 19.4 Å². The molecule has 114 valence electrons. The first kappa shape index (κ1) is 15.2. The molecule has 1 aromatic rings. The fourth-order valence-corrected chi connectivity index (χ4v) is 2.13. The SMILES string of the molecule is COCCN(Cc1ccoc1)C(=O)CN1C(=O)CCC1=O. The van der Waals surface area contributed by atoms with E-state index < -0.39 is 0 Å². The van der Waals surface area contributed by atoms with Crippen LogP contribution in [-0.2, 0) is 25.7 Å². The number of likely N-dealkylation sites (tertiary alicyclic amines) is 1. The lowest BCUT2D eigenvalue weighted by molar-refractivity contribution is -0.146. The van der Waals surface area contributed by atoms with Crippen molar-refractivity contribution in [1.29, 1.82) is 0 Å². The zero-order valence-corrected chi connectivity index (χ0v) is 11.9. The molecule has 0 unspecified atom stereocenters. The van der Waals surface area contributed by atoms with Crippen LogP contribution in [-0.4, -0.2) is 54.3 Å². The van der Waals surface area contributed by atoms with Crippen LogP contribution in [0.1, 0.15) is 18.4 Å². The molecule has 21 heavy (non-hydrogen) atoms. The number of nitrogens with zero attached hydrogens (tertiary/aromatic N) is 2. The van der Waals surface area contributed by atoms with Crippen LogP contribution in [0.15, 0.2) is 23.0 Å². The molecule has 3 amide bonds. The van der Waals surface area contributed by atoms with Crippen LogP contribution in [0.3, 0.4) is 0 Å². The van der Waals surface area contributed by atoms with Crippen LogP contribution in [0.25, 0.3) is 0 Å². The van der Waals surface area contributed by atoms with Crippen molar-refractivity contribution in [2.24, 2.45) is 0 Å². The maximum absolute atomic E-state index is 12.3. The molecule has 2 rings (SSSR count). The molecular formula is C14H18N2O5. The van der Waals surface area contributed by atoms with Gasteiger partial charge in [0.25, 0.3) is 0 Å². The number of furan rings is 1. The van der Waals surface area contributed by atoms with Crippen LogP contribution < -0.4 is 0 Å². The molecule has 0 aliphatic carbocycles. The lowest BCUT2D eigenvalue weighted by Gasteiger charge is -2.24. The Morgan fingerprint density at radius 2 is 2.10 bits per heavy atom. The Kier molecular flexibility index (Phi) is 5.10. The molecule has 1 saturated heterocycles. The molecule has 0 bridgehead atoms. The van der Waals surface area contributed by atoms with Gasteiger partial charge in [-0.25, -0.2) is 0 Å². The van der Waals surface area contributed by atoms with Gasteiger partial charge >= 0.3 is 0 Å². The second kappa shape index (κ2) is 7.03. The van der Waals surface area contributed by atoms with Crippen LogP contribution in [0.2, 0.25) is 0 Å². The summed E-state index contributed by atoms with van der Waals surface area (Å²) in [5, 5.41) is 0. The van der Waals surface area contributed by atoms with Crippen molar-refractivity contribution in [3.63, 3.8) is 0 Å². The summed E-state index contributed by atoms with van der Waals surface area (Å²) in [6, 6.07) is 1.76. The third-order valence-electron chi connectivity index (χ3n) is 3.32. The van der Waals surface area contributed by atoms with E-state index in [1.54, 1.807) is 24.3 Å². The Bertz CT molecular complexity index is 495. The molecular weight excluding hydrogens is 276 g/mol. The number of amides is 3. The maximum atomic E-state index is 12.3.